The van der Waals surface area contributed by atoms with E-state index in [1.807, 2.05) is 0 Å². The number of nitrogens with zero attached hydrogens (tertiary/aromatic N) is 1. The number of benzene rings is 2. The monoisotopic (exact) mass is 383 g/mol. The molecule has 0 heterocycles. The maximum absolute atomic E-state index is 12.1. The molecule has 0 atom stereocenters. The lowest BCUT2D eigenvalue weighted by Crippen LogP contribution is -2.13. The smallest absolute Gasteiger partial charge is 0.345 e. The fourth-order valence-electron chi connectivity index (χ4n) is 2.07. The van der Waals surface area contributed by atoms with Gasteiger partial charge in [-0.1, -0.05) is 29.8 Å². The molecular weight excluding hydrogens is 370 g/mol. The molecule has 0 aromatic heterocycles. The Balaban J connectivity index is 1.96. The van der Waals surface area contributed by atoms with Crippen molar-refractivity contribution in [3.8, 4) is 0 Å². The highest BCUT2D eigenvalue weighted by Gasteiger charge is 2.22. The predicted molar refractivity (Wildman–Crippen MR) is 91.5 cm³/mol. The Morgan fingerprint density at radius 1 is 1.16 bits per heavy atom. The van der Waals surface area contributed by atoms with Gasteiger partial charge < -0.3 is 4.74 Å². The van der Waals surface area contributed by atoms with E-state index in [4.69, 9.17) is 16.3 Å². The molecule has 9 heteroatoms. The van der Waals surface area contributed by atoms with Crippen molar-refractivity contribution in [3.05, 3.63) is 69.2 Å². The summed E-state index contributed by atoms with van der Waals surface area (Å²) in [6, 6.07) is 11.5. The van der Waals surface area contributed by atoms with E-state index in [1.165, 1.54) is 18.2 Å². The summed E-state index contributed by atoms with van der Waals surface area (Å²) >= 11 is 5.74. The average molecular weight is 384 g/mol. The molecule has 0 aliphatic rings. The standard InChI is InChI=1S/C16H14ClNO6S/c17-12-7-8-15(18(20)21)14(11-12)16(19)24-9-4-10-25(22,23)13-5-2-1-3-6-13/h1-3,5-8,11H,4,9-10H2. The molecule has 0 bridgehead atoms. The first kappa shape index (κ1) is 18.9. The van der Waals surface area contributed by atoms with Gasteiger partial charge in [0.1, 0.15) is 5.56 Å². The number of sulfone groups is 1. The molecule has 0 amide bonds. The molecule has 132 valence electrons. The molecule has 0 aliphatic heterocycles. The Labute approximate surface area is 149 Å². The van der Waals surface area contributed by atoms with Gasteiger partial charge >= 0.3 is 5.97 Å². The van der Waals surface area contributed by atoms with Crippen LogP contribution in [0.15, 0.2) is 53.4 Å². The van der Waals surface area contributed by atoms with Gasteiger partial charge in [-0.05, 0) is 30.7 Å². The Kier molecular flexibility index (Phi) is 6.11. The van der Waals surface area contributed by atoms with Crippen molar-refractivity contribution in [3.63, 3.8) is 0 Å². The molecule has 0 radical (unpaired) electrons. The van der Waals surface area contributed by atoms with Crippen LogP contribution in [0, 0.1) is 10.1 Å². The quantitative estimate of drug-likeness (QED) is 0.314. The third kappa shape index (κ3) is 5.01. The number of nitro groups is 1. The van der Waals surface area contributed by atoms with E-state index >= 15 is 0 Å². The zero-order valence-electron chi connectivity index (χ0n) is 12.9. The highest BCUT2D eigenvalue weighted by Crippen LogP contribution is 2.23. The van der Waals surface area contributed by atoms with E-state index in [1.54, 1.807) is 18.2 Å². The largest absolute Gasteiger partial charge is 0.462 e. The van der Waals surface area contributed by atoms with Crippen LogP contribution in [0.5, 0.6) is 0 Å². The lowest BCUT2D eigenvalue weighted by molar-refractivity contribution is -0.385. The van der Waals surface area contributed by atoms with Crippen LogP contribution in [-0.4, -0.2) is 31.7 Å². The van der Waals surface area contributed by atoms with Crippen LogP contribution in [0.2, 0.25) is 5.02 Å². The van der Waals surface area contributed by atoms with Crippen molar-refractivity contribution in [2.45, 2.75) is 11.3 Å². The number of rotatable bonds is 7. The van der Waals surface area contributed by atoms with Gasteiger partial charge in [0.15, 0.2) is 9.84 Å². The third-order valence-electron chi connectivity index (χ3n) is 3.27. The van der Waals surface area contributed by atoms with Crippen LogP contribution < -0.4 is 0 Å². The molecule has 0 N–H and O–H groups in total. The van der Waals surface area contributed by atoms with Gasteiger partial charge in [-0.3, -0.25) is 10.1 Å². The number of ether oxygens (including phenoxy) is 1. The fraction of sp³-hybridized carbons (Fsp3) is 0.188. The average Bonchev–Trinajstić information content (AvgIpc) is 2.59. The van der Waals surface area contributed by atoms with E-state index in [0.717, 1.165) is 12.1 Å². The molecule has 2 aromatic rings. The lowest BCUT2D eigenvalue weighted by Gasteiger charge is -2.07. The second kappa shape index (κ2) is 8.09. The molecule has 0 aliphatic carbocycles. The number of halogens is 1. The number of esters is 1. The van der Waals surface area contributed by atoms with E-state index in [-0.39, 0.29) is 34.3 Å². The Morgan fingerprint density at radius 3 is 2.48 bits per heavy atom. The summed E-state index contributed by atoms with van der Waals surface area (Å²) in [5.74, 6) is -1.13. The molecule has 0 saturated heterocycles. The van der Waals surface area contributed by atoms with Crippen LogP contribution in [0.25, 0.3) is 0 Å². The van der Waals surface area contributed by atoms with E-state index in [9.17, 15) is 23.3 Å². The van der Waals surface area contributed by atoms with Gasteiger partial charge in [-0.15, -0.1) is 0 Å². The van der Waals surface area contributed by atoms with Crippen molar-refractivity contribution < 1.29 is 22.9 Å². The van der Waals surface area contributed by atoms with Gasteiger partial charge in [0.2, 0.25) is 0 Å². The summed E-state index contributed by atoms with van der Waals surface area (Å²) in [6.45, 7) is -0.186. The van der Waals surface area contributed by atoms with Gasteiger partial charge in [-0.25, -0.2) is 13.2 Å². The summed E-state index contributed by atoms with van der Waals surface area (Å²) in [7, 11) is -3.47. The van der Waals surface area contributed by atoms with Crippen LogP contribution >= 0.6 is 11.6 Å². The first-order chi connectivity index (χ1) is 11.8. The maximum Gasteiger partial charge on any atom is 0.345 e. The predicted octanol–water partition coefficient (Wildman–Crippen LogP) is 3.27. The second-order valence-electron chi connectivity index (χ2n) is 5.04. The molecule has 0 fully saturated rings. The van der Waals surface area contributed by atoms with Gasteiger partial charge in [0.05, 0.1) is 22.2 Å². The van der Waals surface area contributed by atoms with Gasteiger partial charge in [0, 0.05) is 11.1 Å². The Morgan fingerprint density at radius 2 is 1.84 bits per heavy atom. The Hall–Kier alpha value is -2.45. The minimum Gasteiger partial charge on any atom is -0.462 e. The normalized spacial score (nSPS) is 11.1. The van der Waals surface area contributed by atoms with E-state index in [0.29, 0.717) is 0 Å². The molecule has 0 spiro atoms. The van der Waals surface area contributed by atoms with Crippen molar-refractivity contribution in [1.29, 1.82) is 0 Å². The molecule has 0 unspecified atom stereocenters. The number of carbonyl (C=O) groups excluding carboxylic acids is 1. The van der Waals surface area contributed by atoms with Crippen LogP contribution in [0.3, 0.4) is 0 Å². The fourth-order valence-corrected chi connectivity index (χ4v) is 3.55. The molecule has 0 saturated carbocycles. The van der Waals surface area contributed by atoms with Crippen LogP contribution in [0.4, 0.5) is 5.69 Å². The van der Waals surface area contributed by atoms with E-state index in [2.05, 4.69) is 0 Å². The molecule has 25 heavy (non-hydrogen) atoms. The van der Waals surface area contributed by atoms with Crippen molar-refractivity contribution in [1.82, 2.24) is 0 Å². The third-order valence-corrected chi connectivity index (χ3v) is 5.32. The number of hydrogen-bond acceptors (Lipinski definition) is 6. The zero-order valence-corrected chi connectivity index (χ0v) is 14.5. The Bertz CT molecular complexity index is 883. The minimum absolute atomic E-state index is 0.0668. The van der Waals surface area contributed by atoms with Gasteiger partial charge in [-0.2, -0.15) is 0 Å². The highest BCUT2D eigenvalue weighted by atomic mass is 35.5. The van der Waals surface area contributed by atoms with Crippen LogP contribution in [0.1, 0.15) is 16.8 Å². The summed E-state index contributed by atoms with van der Waals surface area (Å²) in [6.07, 6.45) is 0.0668. The molecular formula is C16H14ClNO6S. The van der Waals surface area contributed by atoms with Crippen LogP contribution in [-0.2, 0) is 14.6 Å². The molecule has 2 rings (SSSR count). The lowest BCUT2D eigenvalue weighted by atomic mass is 10.2. The second-order valence-corrected chi connectivity index (χ2v) is 7.59. The zero-order chi connectivity index (χ0) is 18.4. The summed E-state index contributed by atoms with van der Waals surface area (Å²) in [5, 5.41) is 11.1. The van der Waals surface area contributed by atoms with Gasteiger partial charge in [0.25, 0.3) is 5.69 Å². The summed E-state index contributed by atoms with van der Waals surface area (Å²) in [4.78, 5) is 22.4. The highest BCUT2D eigenvalue weighted by molar-refractivity contribution is 7.91. The van der Waals surface area contributed by atoms with Crippen molar-refractivity contribution in [2.75, 3.05) is 12.4 Å². The number of nitro benzene ring substituents is 1. The first-order valence-electron chi connectivity index (χ1n) is 7.20. The summed E-state index contributed by atoms with van der Waals surface area (Å²) in [5.41, 5.74) is -0.699. The SMILES string of the molecule is O=C(OCCCS(=O)(=O)c1ccccc1)c1cc(Cl)ccc1[N+](=O)[O-]. The minimum atomic E-state index is -3.47. The van der Waals surface area contributed by atoms with Crippen molar-refractivity contribution >= 4 is 33.1 Å². The summed E-state index contributed by atoms with van der Waals surface area (Å²) < 4.78 is 29.1. The number of hydrogen-bond donors (Lipinski definition) is 0. The molecule has 2 aromatic carbocycles. The topological polar surface area (TPSA) is 104 Å². The molecule has 7 nitrogen and oxygen atoms in total. The number of carbonyl (C=O) groups is 1. The maximum atomic E-state index is 12.1. The van der Waals surface area contributed by atoms with Crippen molar-refractivity contribution in [2.24, 2.45) is 0 Å². The first-order valence-corrected chi connectivity index (χ1v) is 9.23. The van der Waals surface area contributed by atoms with E-state index < -0.39 is 26.4 Å².